The lowest BCUT2D eigenvalue weighted by molar-refractivity contribution is -0.150. The van der Waals surface area contributed by atoms with Crippen LogP contribution in [-0.4, -0.2) is 73.0 Å². The van der Waals surface area contributed by atoms with Crippen molar-refractivity contribution in [3.63, 3.8) is 0 Å². The van der Waals surface area contributed by atoms with Crippen LogP contribution in [0.3, 0.4) is 0 Å². The van der Waals surface area contributed by atoms with Crippen LogP contribution in [0.2, 0.25) is 0 Å². The fourth-order valence-electron chi connectivity index (χ4n) is 3.22. The summed E-state index contributed by atoms with van der Waals surface area (Å²) in [5.41, 5.74) is 7.28. The van der Waals surface area contributed by atoms with Crippen LogP contribution in [0, 0.1) is 5.41 Å². The Kier molecular flexibility index (Phi) is 6.86. The molecule has 0 radical (unpaired) electrons. The molecule has 1 unspecified atom stereocenters. The van der Waals surface area contributed by atoms with Gasteiger partial charge in [0.15, 0.2) is 12.2 Å². The number of morpholine rings is 1. The van der Waals surface area contributed by atoms with Crippen LogP contribution in [0.4, 0.5) is 11.4 Å². The van der Waals surface area contributed by atoms with Gasteiger partial charge in [-0.15, -0.1) is 0 Å². The third-order valence-electron chi connectivity index (χ3n) is 4.97. The molecule has 2 aromatic rings. The van der Waals surface area contributed by atoms with Gasteiger partial charge in [0.05, 0.1) is 6.61 Å². The van der Waals surface area contributed by atoms with Gasteiger partial charge in [0.25, 0.3) is 17.7 Å². The van der Waals surface area contributed by atoms with Crippen LogP contribution < -0.4 is 16.0 Å². The number of hydrogen-bond acceptors (Lipinski definition) is 6. The molecule has 3 rings (SSSR count). The largest absolute Gasteiger partial charge is 0.384 e. The van der Waals surface area contributed by atoms with Crippen LogP contribution in [0.5, 0.6) is 0 Å². The van der Waals surface area contributed by atoms with Gasteiger partial charge in [-0.2, -0.15) is 0 Å². The van der Waals surface area contributed by atoms with Crippen LogP contribution >= 0.6 is 0 Å². The topological polar surface area (TPSA) is 149 Å². The Labute approximate surface area is 185 Å². The molecule has 168 valence electrons. The summed E-state index contributed by atoms with van der Waals surface area (Å²) in [6.07, 6.45) is -3.10. The van der Waals surface area contributed by atoms with E-state index in [1.807, 2.05) is 0 Å². The van der Waals surface area contributed by atoms with Crippen LogP contribution in [0.15, 0.2) is 48.5 Å². The Hall–Kier alpha value is -3.76. The minimum atomic E-state index is -1.73. The fourth-order valence-corrected chi connectivity index (χ4v) is 3.22. The van der Waals surface area contributed by atoms with Gasteiger partial charge < -0.3 is 30.7 Å². The third kappa shape index (κ3) is 4.93. The summed E-state index contributed by atoms with van der Waals surface area (Å²) in [7, 11) is 3.30. The van der Waals surface area contributed by atoms with E-state index in [0.717, 1.165) is 0 Å². The van der Waals surface area contributed by atoms with E-state index in [1.165, 1.54) is 21.9 Å². The first-order valence-corrected chi connectivity index (χ1v) is 9.87. The van der Waals surface area contributed by atoms with Crippen molar-refractivity contribution in [2.45, 2.75) is 12.2 Å². The number of nitrogens with zero attached hydrogens (tertiary/aromatic N) is 2. The molecule has 5 N–H and O–H groups in total. The van der Waals surface area contributed by atoms with Gasteiger partial charge in [-0.3, -0.25) is 19.8 Å². The summed E-state index contributed by atoms with van der Waals surface area (Å²) < 4.78 is 5.40. The third-order valence-corrected chi connectivity index (χ3v) is 4.97. The normalized spacial score (nSPS) is 16.9. The van der Waals surface area contributed by atoms with Crippen molar-refractivity contribution in [1.82, 2.24) is 4.90 Å². The predicted molar refractivity (Wildman–Crippen MR) is 119 cm³/mol. The molecule has 1 aliphatic heterocycles. The summed E-state index contributed by atoms with van der Waals surface area (Å²) in [5, 5.41) is 20.4. The maximum Gasteiger partial charge on any atom is 0.259 e. The molecule has 2 atom stereocenters. The number of nitrogens with two attached hydrogens (primary N) is 1. The number of aliphatic hydroxyl groups excluding tert-OH is 1. The van der Waals surface area contributed by atoms with Crippen molar-refractivity contribution in [1.29, 1.82) is 5.41 Å². The SMILES string of the molecule is CN(C)C(=O)c1ccc(N2CCO[C@H](C(O)C(=O)Nc3ccc(C(=N)N)cc3)C2=O)cc1. The van der Waals surface area contributed by atoms with Gasteiger partial charge in [0, 0.05) is 43.1 Å². The second kappa shape index (κ2) is 9.58. The first-order valence-electron chi connectivity index (χ1n) is 9.87. The molecule has 0 spiro atoms. The summed E-state index contributed by atoms with van der Waals surface area (Å²) in [4.78, 5) is 40.3. The van der Waals surface area contributed by atoms with Crippen molar-refractivity contribution in [3.05, 3.63) is 59.7 Å². The van der Waals surface area contributed by atoms with Crippen LogP contribution in [0.25, 0.3) is 0 Å². The van der Waals surface area contributed by atoms with Gasteiger partial charge in [-0.05, 0) is 48.5 Å². The summed E-state index contributed by atoms with van der Waals surface area (Å²) in [6.45, 7) is 0.379. The maximum atomic E-state index is 12.9. The average Bonchev–Trinajstić information content (AvgIpc) is 2.78. The standard InChI is InChI=1S/C22H25N5O5/c1-26(2)21(30)14-5-9-16(10-6-14)27-11-12-32-18(22(27)31)17(28)20(29)25-15-7-3-13(4-8-15)19(23)24/h3-10,17-18,28H,11-12H2,1-2H3,(H3,23,24)(H,25,29)/t17?,18-/m1/s1. The molecule has 0 aliphatic carbocycles. The number of carbonyl (C=O) groups is 3. The Morgan fingerprint density at radius 3 is 2.31 bits per heavy atom. The number of rotatable bonds is 6. The molecule has 3 amide bonds. The van der Waals surface area contributed by atoms with Crippen molar-refractivity contribution in [3.8, 4) is 0 Å². The zero-order chi connectivity index (χ0) is 23.4. The molecular formula is C22H25N5O5. The monoisotopic (exact) mass is 439 g/mol. The van der Waals surface area contributed by atoms with Crippen molar-refractivity contribution < 1.29 is 24.2 Å². The van der Waals surface area contributed by atoms with Crippen LogP contribution in [0.1, 0.15) is 15.9 Å². The molecule has 0 aromatic heterocycles. The average molecular weight is 439 g/mol. The second-order valence-corrected chi connectivity index (χ2v) is 7.45. The van der Waals surface area contributed by atoms with E-state index >= 15 is 0 Å². The number of carbonyl (C=O) groups excluding carboxylic acids is 3. The Morgan fingerprint density at radius 1 is 1.16 bits per heavy atom. The number of benzene rings is 2. The number of hydrogen-bond donors (Lipinski definition) is 4. The number of amides is 3. The van der Waals surface area contributed by atoms with E-state index in [2.05, 4.69) is 5.32 Å². The second-order valence-electron chi connectivity index (χ2n) is 7.45. The van der Waals surface area contributed by atoms with Crippen molar-refractivity contribution in [2.24, 2.45) is 5.73 Å². The molecule has 1 aliphatic rings. The minimum absolute atomic E-state index is 0.108. The highest BCUT2D eigenvalue weighted by Crippen LogP contribution is 2.22. The number of nitrogen functional groups attached to an aromatic ring is 1. The van der Waals surface area contributed by atoms with Crippen LogP contribution in [-0.2, 0) is 14.3 Å². The van der Waals surface area contributed by atoms with E-state index in [0.29, 0.717) is 22.5 Å². The van der Waals surface area contributed by atoms with Gasteiger partial charge in [-0.25, -0.2) is 0 Å². The number of ether oxygens (including phenoxy) is 1. The molecule has 1 saturated heterocycles. The first-order chi connectivity index (χ1) is 15.2. The lowest BCUT2D eigenvalue weighted by Gasteiger charge is -2.34. The lowest BCUT2D eigenvalue weighted by atomic mass is 10.1. The molecule has 10 heteroatoms. The molecule has 1 fully saturated rings. The first kappa shape index (κ1) is 22.9. The summed E-state index contributed by atoms with van der Waals surface area (Å²) in [5.74, 6) is -1.63. The highest BCUT2D eigenvalue weighted by molar-refractivity contribution is 6.04. The molecule has 2 aromatic carbocycles. The van der Waals surface area contributed by atoms with E-state index in [4.69, 9.17) is 15.9 Å². The molecule has 0 saturated carbocycles. The number of anilines is 2. The minimum Gasteiger partial charge on any atom is -0.384 e. The predicted octanol–water partition coefficient (Wildman–Crippen LogP) is 0.404. The Balaban J connectivity index is 1.69. The molecule has 1 heterocycles. The summed E-state index contributed by atoms with van der Waals surface area (Å²) >= 11 is 0. The Morgan fingerprint density at radius 2 is 1.75 bits per heavy atom. The van der Waals surface area contributed by atoms with E-state index in [1.54, 1.807) is 50.5 Å². The van der Waals surface area contributed by atoms with Gasteiger partial charge in [0.1, 0.15) is 5.84 Å². The van der Waals surface area contributed by atoms with E-state index in [-0.39, 0.29) is 24.9 Å². The number of nitrogens with one attached hydrogen (secondary N) is 2. The molecule has 10 nitrogen and oxygen atoms in total. The smallest absolute Gasteiger partial charge is 0.259 e. The lowest BCUT2D eigenvalue weighted by Crippen LogP contribution is -2.55. The maximum absolute atomic E-state index is 12.9. The van der Waals surface area contributed by atoms with Crippen molar-refractivity contribution >= 4 is 34.9 Å². The van der Waals surface area contributed by atoms with Gasteiger partial charge in [0.2, 0.25) is 0 Å². The Bertz CT molecular complexity index is 1020. The highest BCUT2D eigenvalue weighted by Gasteiger charge is 2.39. The van der Waals surface area contributed by atoms with Gasteiger partial charge in [-0.1, -0.05) is 0 Å². The van der Waals surface area contributed by atoms with Crippen molar-refractivity contribution in [2.75, 3.05) is 37.5 Å². The molecule has 0 bridgehead atoms. The molecule has 32 heavy (non-hydrogen) atoms. The fraction of sp³-hybridized carbons (Fsp3) is 0.273. The quantitative estimate of drug-likeness (QED) is 0.378. The number of amidine groups is 1. The van der Waals surface area contributed by atoms with Gasteiger partial charge >= 0.3 is 0 Å². The molecular weight excluding hydrogens is 414 g/mol. The summed E-state index contributed by atoms with van der Waals surface area (Å²) in [6, 6.07) is 12.7. The number of aliphatic hydroxyl groups is 1. The zero-order valence-electron chi connectivity index (χ0n) is 17.7. The highest BCUT2D eigenvalue weighted by atomic mass is 16.5. The van der Waals surface area contributed by atoms with E-state index < -0.39 is 24.0 Å². The zero-order valence-corrected chi connectivity index (χ0v) is 17.7. The van der Waals surface area contributed by atoms with E-state index in [9.17, 15) is 19.5 Å².